The Morgan fingerprint density at radius 2 is 1.90 bits per heavy atom. The number of carbonyl (C=O) groups excluding carboxylic acids is 1. The summed E-state index contributed by atoms with van der Waals surface area (Å²) in [7, 11) is 0. The number of carbonyl (C=O) groups is 1. The number of rotatable bonds is 5. The Kier molecular flexibility index (Phi) is 5.15. The summed E-state index contributed by atoms with van der Waals surface area (Å²) in [5, 5.41) is 13.2. The second kappa shape index (κ2) is 6.87. The van der Waals surface area contributed by atoms with E-state index >= 15 is 0 Å². The van der Waals surface area contributed by atoms with Crippen LogP contribution in [0.25, 0.3) is 0 Å². The molecule has 2 aromatic carbocycles. The van der Waals surface area contributed by atoms with Crippen molar-refractivity contribution in [2.24, 2.45) is 0 Å². The fourth-order valence-corrected chi connectivity index (χ4v) is 2.51. The Hall–Kier alpha value is -1.65. The molecule has 3 nitrogen and oxygen atoms in total. The average molecular weight is 348 g/mol. The van der Waals surface area contributed by atoms with Crippen molar-refractivity contribution in [3.8, 4) is 0 Å². The van der Waals surface area contributed by atoms with Gasteiger partial charge in [-0.1, -0.05) is 58.4 Å². The predicted molar refractivity (Wildman–Crippen MR) is 86.9 cm³/mol. The van der Waals surface area contributed by atoms with Crippen molar-refractivity contribution in [2.75, 3.05) is 6.54 Å². The molecule has 0 radical (unpaired) electrons. The van der Waals surface area contributed by atoms with Gasteiger partial charge in [0.2, 0.25) is 5.91 Å². The van der Waals surface area contributed by atoms with Crippen LogP contribution in [0.2, 0.25) is 0 Å². The third-order valence-electron chi connectivity index (χ3n) is 3.28. The van der Waals surface area contributed by atoms with Gasteiger partial charge in [-0.25, -0.2) is 0 Å². The van der Waals surface area contributed by atoms with Gasteiger partial charge >= 0.3 is 0 Å². The standard InChI is InChI=1S/C17H18BrNO2/c1-17(21,14-7-3-2-4-8-14)12-19-16(20)11-13-6-5-9-15(18)10-13/h2-10,21H,11-12H2,1H3,(H,19,20). The summed E-state index contributed by atoms with van der Waals surface area (Å²) in [5.41, 5.74) is 0.641. The van der Waals surface area contributed by atoms with E-state index < -0.39 is 5.60 Å². The molecule has 2 N–H and O–H groups in total. The first-order chi connectivity index (χ1) is 9.97. The van der Waals surface area contributed by atoms with E-state index in [1.807, 2.05) is 54.6 Å². The van der Waals surface area contributed by atoms with Gasteiger partial charge in [0.1, 0.15) is 5.60 Å². The minimum Gasteiger partial charge on any atom is -0.384 e. The summed E-state index contributed by atoms with van der Waals surface area (Å²) >= 11 is 3.38. The number of hydrogen-bond donors (Lipinski definition) is 2. The SMILES string of the molecule is CC(O)(CNC(=O)Cc1cccc(Br)c1)c1ccccc1. The zero-order valence-corrected chi connectivity index (χ0v) is 13.4. The highest BCUT2D eigenvalue weighted by molar-refractivity contribution is 9.10. The number of halogens is 1. The van der Waals surface area contributed by atoms with E-state index in [9.17, 15) is 9.90 Å². The average Bonchev–Trinajstić information content (AvgIpc) is 2.46. The maximum Gasteiger partial charge on any atom is 0.224 e. The zero-order chi connectivity index (χ0) is 15.3. The quantitative estimate of drug-likeness (QED) is 0.873. The molecule has 0 saturated carbocycles. The van der Waals surface area contributed by atoms with Gasteiger partial charge in [-0.2, -0.15) is 0 Å². The molecule has 0 bridgehead atoms. The van der Waals surface area contributed by atoms with Gasteiger partial charge < -0.3 is 10.4 Å². The van der Waals surface area contributed by atoms with Gasteiger partial charge in [0.25, 0.3) is 0 Å². The number of aliphatic hydroxyl groups is 1. The second-order valence-corrected chi connectivity index (χ2v) is 6.14. The van der Waals surface area contributed by atoms with Crippen LogP contribution in [-0.2, 0) is 16.8 Å². The van der Waals surface area contributed by atoms with E-state index in [1.54, 1.807) is 6.92 Å². The molecule has 0 aliphatic carbocycles. The van der Waals surface area contributed by atoms with Crippen LogP contribution in [0.15, 0.2) is 59.1 Å². The molecule has 0 aliphatic heterocycles. The third kappa shape index (κ3) is 4.69. The lowest BCUT2D eigenvalue weighted by atomic mass is 9.96. The first-order valence-electron chi connectivity index (χ1n) is 6.76. The molecule has 1 unspecified atom stereocenters. The van der Waals surface area contributed by atoms with Crippen LogP contribution in [-0.4, -0.2) is 17.6 Å². The molecule has 1 atom stereocenters. The van der Waals surface area contributed by atoms with Gasteiger partial charge in [0.15, 0.2) is 0 Å². The van der Waals surface area contributed by atoms with Crippen LogP contribution >= 0.6 is 15.9 Å². The summed E-state index contributed by atoms with van der Waals surface area (Å²) in [6.07, 6.45) is 0.296. The molecule has 0 heterocycles. The molecular formula is C17H18BrNO2. The van der Waals surface area contributed by atoms with Gasteiger partial charge in [-0.05, 0) is 30.2 Å². The summed E-state index contributed by atoms with van der Waals surface area (Å²) in [6, 6.07) is 17.0. The summed E-state index contributed by atoms with van der Waals surface area (Å²) in [4.78, 5) is 12.0. The Bertz CT molecular complexity index is 611. The Morgan fingerprint density at radius 3 is 2.57 bits per heavy atom. The number of nitrogens with one attached hydrogen (secondary N) is 1. The Labute approximate surface area is 133 Å². The monoisotopic (exact) mass is 347 g/mol. The van der Waals surface area contributed by atoms with Crippen LogP contribution < -0.4 is 5.32 Å². The molecule has 110 valence electrons. The molecule has 1 amide bonds. The van der Waals surface area contributed by atoms with Crippen molar-refractivity contribution in [3.63, 3.8) is 0 Å². The van der Waals surface area contributed by atoms with E-state index in [0.29, 0.717) is 6.42 Å². The Morgan fingerprint density at radius 1 is 1.19 bits per heavy atom. The third-order valence-corrected chi connectivity index (χ3v) is 3.77. The smallest absolute Gasteiger partial charge is 0.224 e. The molecular weight excluding hydrogens is 330 g/mol. The number of hydrogen-bond acceptors (Lipinski definition) is 2. The minimum absolute atomic E-state index is 0.107. The Balaban J connectivity index is 1.92. The maximum atomic E-state index is 12.0. The number of amides is 1. The van der Waals surface area contributed by atoms with Crippen molar-refractivity contribution in [2.45, 2.75) is 18.9 Å². The molecule has 0 aromatic heterocycles. The van der Waals surface area contributed by atoms with Crippen LogP contribution in [0.1, 0.15) is 18.1 Å². The molecule has 2 rings (SSSR count). The van der Waals surface area contributed by atoms with Gasteiger partial charge in [0.05, 0.1) is 13.0 Å². The van der Waals surface area contributed by atoms with Crippen molar-refractivity contribution in [1.82, 2.24) is 5.32 Å². The second-order valence-electron chi connectivity index (χ2n) is 5.22. The molecule has 21 heavy (non-hydrogen) atoms. The largest absolute Gasteiger partial charge is 0.384 e. The van der Waals surface area contributed by atoms with E-state index in [1.165, 1.54) is 0 Å². The highest BCUT2D eigenvalue weighted by Crippen LogP contribution is 2.19. The highest BCUT2D eigenvalue weighted by Gasteiger charge is 2.23. The normalized spacial score (nSPS) is 13.5. The van der Waals surface area contributed by atoms with E-state index in [4.69, 9.17) is 0 Å². The zero-order valence-electron chi connectivity index (χ0n) is 11.8. The van der Waals surface area contributed by atoms with Gasteiger partial charge in [0, 0.05) is 4.47 Å². The van der Waals surface area contributed by atoms with Crippen LogP contribution in [0.4, 0.5) is 0 Å². The van der Waals surface area contributed by atoms with Crippen LogP contribution in [0.5, 0.6) is 0 Å². The minimum atomic E-state index is -1.08. The lowest BCUT2D eigenvalue weighted by molar-refractivity contribution is -0.121. The van der Waals surface area contributed by atoms with Crippen molar-refractivity contribution in [1.29, 1.82) is 0 Å². The first-order valence-corrected chi connectivity index (χ1v) is 7.56. The van der Waals surface area contributed by atoms with Gasteiger partial charge in [-0.15, -0.1) is 0 Å². The van der Waals surface area contributed by atoms with Crippen LogP contribution in [0.3, 0.4) is 0 Å². The van der Waals surface area contributed by atoms with Crippen molar-refractivity contribution < 1.29 is 9.90 Å². The van der Waals surface area contributed by atoms with E-state index in [2.05, 4.69) is 21.2 Å². The predicted octanol–water partition coefficient (Wildman–Crippen LogP) is 3.02. The number of benzene rings is 2. The molecule has 0 fully saturated rings. The van der Waals surface area contributed by atoms with Crippen molar-refractivity contribution in [3.05, 3.63) is 70.2 Å². The topological polar surface area (TPSA) is 49.3 Å². The molecule has 2 aromatic rings. The lowest BCUT2D eigenvalue weighted by Gasteiger charge is -2.24. The van der Waals surface area contributed by atoms with E-state index in [-0.39, 0.29) is 12.5 Å². The molecule has 4 heteroatoms. The summed E-state index contributed by atoms with van der Waals surface area (Å²) < 4.78 is 0.948. The van der Waals surface area contributed by atoms with Crippen molar-refractivity contribution >= 4 is 21.8 Å². The fourth-order valence-electron chi connectivity index (χ4n) is 2.06. The summed E-state index contributed by atoms with van der Waals surface area (Å²) in [5.74, 6) is -0.107. The van der Waals surface area contributed by atoms with Gasteiger partial charge in [-0.3, -0.25) is 4.79 Å². The maximum absolute atomic E-state index is 12.0. The highest BCUT2D eigenvalue weighted by atomic mass is 79.9. The first kappa shape index (κ1) is 15.7. The molecule has 0 saturated heterocycles. The molecule has 0 spiro atoms. The van der Waals surface area contributed by atoms with E-state index in [0.717, 1.165) is 15.6 Å². The van der Waals surface area contributed by atoms with Crippen LogP contribution in [0, 0.1) is 0 Å². The fraction of sp³-hybridized carbons (Fsp3) is 0.235. The molecule has 0 aliphatic rings. The summed E-state index contributed by atoms with van der Waals surface area (Å²) in [6.45, 7) is 1.88. The lowest BCUT2D eigenvalue weighted by Crippen LogP contribution is -2.39.